The van der Waals surface area contributed by atoms with Gasteiger partial charge in [-0.2, -0.15) is 13.2 Å². The molecule has 6 nitrogen and oxygen atoms in total. The molecule has 0 saturated heterocycles. The molecule has 0 aliphatic carbocycles. The summed E-state index contributed by atoms with van der Waals surface area (Å²) in [5, 5.41) is 14.2. The molecule has 2 atom stereocenters. The van der Waals surface area contributed by atoms with Gasteiger partial charge in [0.15, 0.2) is 6.10 Å². The summed E-state index contributed by atoms with van der Waals surface area (Å²) in [6.45, 7) is 4.94. The molecule has 9 heteroatoms. The Hall–Kier alpha value is -3.07. The van der Waals surface area contributed by atoms with Gasteiger partial charge in [0.05, 0.1) is 6.42 Å². The second kappa shape index (κ2) is 11.0. The van der Waals surface area contributed by atoms with E-state index in [0.717, 1.165) is 5.56 Å². The molecule has 0 radical (unpaired) electrons. The molecule has 1 unspecified atom stereocenters. The molecule has 0 fully saturated rings. The van der Waals surface area contributed by atoms with E-state index in [-0.39, 0.29) is 24.3 Å². The molecular formula is C23H27F3N2O4. The van der Waals surface area contributed by atoms with E-state index in [9.17, 15) is 22.8 Å². The Morgan fingerprint density at radius 1 is 1.06 bits per heavy atom. The molecule has 0 spiro atoms. The van der Waals surface area contributed by atoms with E-state index in [1.807, 2.05) is 6.92 Å². The molecule has 2 aromatic rings. The number of urea groups is 1. The lowest BCUT2D eigenvalue weighted by atomic mass is 9.91. The normalized spacial score (nSPS) is 13.3. The number of nitrogens with one attached hydrogen (secondary N) is 2. The van der Waals surface area contributed by atoms with Crippen molar-refractivity contribution in [3.8, 4) is 0 Å². The summed E-state index contributed by atoms with van der Waals surface area (Å²) in [6.07, 6.45) is -6.66. The molecule has 0 heterocycles. The molecule has 2 amide bonds. The molecule has 2 rings (SSSR count). The summed E-state index contributed by atoms with van der Waals surface area (Å²) < 4.78 is 45.9. The first-order valence-electron chi connectivity index (χ1n) is 10.2. The highest BCUT2D eigenvalue weighted by Gasteiger charge is 2.43. The highest BCUT2D eigenvalue weighted by molar-refractivity contribution is 6.00. The van der Waals surface area contributed by atoms with Crippen LogP contribution in [0.2, 0.25) is 0 Å². The van der Waals surface area contributed by atoms with E-state index < -0.39 is 30.2 Å². The highest BCUT2D eigenvalue weighted by Crippen LogP contribution is 2.40. The first-order chi connectivity index (χ1) is 15.0. The predicted octanol–water partition coefficient (Wildman–Crippen LogP) is 6.25. The van der Waals surface area contributed by atoms with Gasteiger partial charge >= 0.3 is 18.2 Å². The zero-order valence-electron chi connectivity index (χ0n) is 18.1. The summed E-state index contributed by atoms with van der Waals surface area (Å²) in [7, 11) is 0. The van der Waals surface area contributed by atoms with E-state index >= 15 is 0 Å². The van der Waals surface area contributed by atoms with Crippen LogP contribution < -0.4 is 10.6 Å². The monoisotopic (exact) mass is 452 g/mol. The van der Waals surface area contributed by atoms with Gasteiger partial charge in [0.2, 0.25) is 0 Å². The molecule has 0 bridgehead atoms. The number of ether oxygens (including phenoxy) is 1. The zero-order chi connectivity index (χ0) is 23.9. The maximum atomic E-state index is 13.7. The second-order valence-electron chi connectivity index (χ2n) is 7.37. The number of halogens is 3. The van der Waals surface area contributed by atoms with Gasteiger partial charge in [0, 0.05) is 23.5 Å². The number of aryl methyl sites for hydroxylation is 1. The number of alkyl halides is 3. The first kappa shape index (κ1) is 25.2. The fraction of sp³-hybridized carbons (Fsp3) is 0.391. The minimum absolute atomic E-state index is 0.0910. The van der Waals surface area contributed by atoms with Crippen molar-refractivity contribution in [2.45, 2.75) is 51.8 Å². The van der Waals surface area contributed by atoms with E-state index in [1.165, 1.54) is 25.1 Å². The number of carboxylic acids is 1. The maximum absolute atomic E-state index is 13.7. The lowest BCUT2D eigenvalue weighted by Gasteiger charge is -2.25. The third-order valence-corrected chi connectivity index (χ3v) is 4.93. The third kappa shape index (κ3) is 6.98. The molecule has 174 valence electrons. The zero-order valence-corrected chi connectivity index (χ0v) is 18.1. The Kier molecular flexibility index (Phi) is 8.65. The molecular weight excluding hydrogens is 425 g/mol. The molecule has 0 aliphatic heterocycles. The van der Waals surface area contributed by atoms with Crippen molar-refractivity contribution in [1.82, 2.24) is 0 Å². The Bertz CT molecular complexity index is 930. The summed E-state index contributed by atoms with van der Waals surface area (Å²) in [6, 6.07) is 10.3. The van der Waals surface area contributed by atoms with Crippen molar-refractivity contribution in [2.75, 3.05) is 17.2 Å². The van der Waals surface area contributed by atoms with Crippen LogP contribution in [-0.2, 0) is 9.53 Å². The first-order valence-corrected chi connectivity index (χ1v) is 10.2. The molecule has 2 aromatic carbocycles. The predicted molar refractivity (Wildman–Crippen MR) is 116 cm³/mol. The maximum Gasteiger partial charge on any atom is 0.418 e. The molecule has 0 aliphatic rings. The van der Waals surface area contributed by atoms with Crippen LogP contribution in [0.5, 0.6) is 0 Å². The van der Waals surface area contributed by atoms with Crippen molar-refractivity contribution in [1.29, 1.82) is 0 Å². The van der Waals surface area contributed by atoms with Crippen molar-refractivity contribution in [3.63, 3.8) is 0 Å². The molecule has 0 aromatic heterocycles. The van der Waals surface area contributed by atoms with Gasteiger partial charge in [0.25, 0.3) is 0 Å². The lowest BCUT2D eigenvalue weighted by Crippen LogP contribution is -2.27. The van der Waals surface area contributed by atoms with E-state index in [4.69, 9.17) is 9.84 Å². The van der Waals surface area contributed by atoms with Gasteiger partial charge in [-0.25, -0.2) is 4.79 Å². The number of benzene rings is 2. The van der Waals surface area contributed by atoms with E-state index in [1.54, 1.807) is 31.2 Å². The fourth-order valence-corrected chi connectivity index (χ4v) is 3.32. The van der Waals surface area contributed by atoms with Gasteiger partial charge < -0.3 is 20.5 Å². The Balaban J connectivity index is 2.43. The minimum atomic E-state index is -4.70. The van der Waals surface area contributed by atoms with Crippen molar-refractivity contribution in [3.05, 3.63) is 59.2 Å². The number of carbonyl (C=O) groups excluding carboxylic acids is 1. The van der Waals surface area contributed by atoms with Crippen molar-refractivity contribution >= 4 is 23.4 Å². The van der Waals surface area contributed by atoms with Gasteiger partial charge in [-0.3, -0.25) is 4.79 Å². The third-order valence-electron chi connectivity index (χ3n) is 4.93. The summed E-state index contributed by atoms with van der Waals surface area (Å²) >= 11 is 0. The number of carbonyl (C=O) groups is 2. The summed E-state index contributed by atoms with van der Waals surface area (Å²) in [5.74, 6) is -1.44. The van der Waals surface area contributed by atoms with Crippen molar-refractivity contribution in [2.24, 2.45) is 0 Å². The van der Waals surface area contributed by atoms with Crippen LogP contribution in [0.15, 0.2) is 42.5 Å². The fourth-order valence-electron chi connectivity index (χ4n) is 3.32. The van der Waals surface area contributed by atoms with E-state index in [2.05, 4.69) is 10.6 Å². The minimum Gasteiger partial charge on any atom is -0.481 e. The van der Waals surface area contributed by atoms with Crippen LogP contribution in [0.25, 0.3) is 0 Å². The standard InChI is InChI=1S/C23H27F3N2O4/c1-4-15(13-20(29)30)16-8-11-18(21(32-5-2)23(24,25)26)19(12-16)28-22(31)27-17-9-6-14(3)7-10-17/h6-12,15,21H,4-5,13H2,1-3H3,(H,29,30)(H2,27,28,31)/t15?,21-/m1/s1. The quantitative estimate of drug-likeness (QED) is 0.420. The number of hydrogen-bond donors (Lipinski definition) is 3. The SMILES string of the molecule is CCO[C@H](c1ccc(C(CC)CC(=O)O)cc1NC(=O)Nc1ccc(C)cc1)C(F)(F)F. The average molecular weight is 452 g/mol. The number of hydrogen-bond acceptors (Lipinski definition) is 3. The number of anilines is 2. The van der Waals surface area contributed by atoms with Crippen LogP contribution in [0, 0.1) is 6.92 Å². The van der Waals surface area contributed by atoms with Crippen LogP contribution in [-0.4, -0.2) is 29.9 Å². The van der Waals surface area contributed by atoms with Gasteiger partial charge in [0.1, 0.15) is 0 Å². The van der Waals surface area contributed by atoms with Crippen LogP contribution in [0.1, 0.15) is 55.4 Å². The number of carboxylic acid groups (broad SMARTS) is 1. The van der Waals surface area contributed by atoms with Gasteiger partial charge in [-0.15, -0.1) is 0 Å². The molecule has 3 N–H and O–H groups in total. The Labute approximate surface area is 184 Å². The van der Waals surface area contributed by atoms with Gasteiger partial charge in [-0.1, -0.05) is 36.8 Å². The topological polar surface area (TPSA) is 87.7 Å². The molecule has 32 heavy (non-hydrogen) atoms. The van der Waals surface area contributed by atoms with Crippen LogP contribution in [0.4, 0.5) is 29.3 Å². The Morgan fingerprint density at radius 2 is 1.72 bits per heavy atom. The summed E-state index contributed by atoms with van der Waals surface area (Å²) in [4.78, 5) is 23.7. The van der Waals surface area contributed by atoms with Crippen LogP contribution in [0.3, 0.4) is 0 Å². The van der Waals surface area contributed by atoms with Crippen LogP contribution >= 0.6 is 0 Å². The number of aliphatic carboxylic acids is 1. The number of amides is 2. The highest BCUT2D eigenvalue weighted by atomic mass is 19.4. The smallest absolute Gasteiger partial charge is 0.418 e. The average Bonchev–Trinajstić information content (AvgIpc) is 2.71. The van der Waals surface area contributed by atoms with E-state index in [0.29, 0.717) is 17.7 Å². The summed E-state index contributed by atoms with van der Waals surface area (Å²) in [5.41, 5.74) is 1.63. The Morgan fingerprint density at radius 3 is 2.25 bits per heavy atom. The second-order valence-corrected chi connectivity index (χ2v) is 7.37. The number of rotatable bonds is 9. The largest absolute Gasteiger partial charge is 0.481 e. The lowest BCUT2D eigenvalue weighted by molar-refractivity contribution is -0.222. The van der Waals surface area contributed by atoms with Gasteiger partial charge in [-0.05, 0) is 49.9 Å². The molecule has 0 saturated carbocycles. The van der Waals surface area contributed by atoms with Crippen molar-refractivity contribution < 1.29 is 32.6 Å².